The molecule has 1 amide bonds. The predicted octanol–water partition coefficient (Wildman–Crippen LogP) is 4.69. The van der Waals surface area contributed by atoms with Crippen LogP contribution in [0.3, 0.4) is 0 Å². The molecule has 176 valence electrons. The Morgan fingerprint density at radius 1 is 1.06 bits per heavy atom. The highest BCUT2D eigenvalue weighted by atomic mass is 16.3. The van der Waals surface area contributed by atoms with Crippen molar-refractivity contribution in [2.24, 2.45) is 11.8 Å². The third kappa shape index (κ3) is 5.97. The average Bonchev–Trinajstić information content (AvgIpc) is 2.86. The molecule has 1 aliphatic heterocycles. The van der Waals surface area contributed by atoms with Gasteiger partial charge in [-0.1, -0.05) is 60.7 Å². The quantitative estimate of drug-likeness (QED) is 0.507. The van der Waals surface area contributed by atoms with Gasteiger partial charge in [0.15, 0.2) is 0 Å². The summed E-state index contributed by atoms with van der Waals surface area (Å²) in [5, 5.41) is 11.4. The molecule has 0 radical (unpaired) electrons. The molecule has 0 saturated carbocycles. The largest absolute Gasteiger partial charge is 0.392 e. The Kier molecular flexibility index (Phi) is 7.86. The maximum absolute atomic E-state index is 13.3. The molecule has 4 rings (SSSR count). The molecule has 5 nitrogen and oxygen atoms in total. The van der Waals surface area contributed by atoms with Crippen LogP contribution in [0.1, 0.15) is 37.3 Å². The van der Waals surface area contributed by atoms with Crippen molar-refractivity contribution in [1.29, 1.82) is 0 Å². The summed E-state index contributed by atoms with van der Waals surface area (Å²) < 4.78 is 0. The van der Waals surface area contributed by atoms with Crippen LogP contribution in [0.2, 0.25) is 0 Å². The van der Waals surface area contributed by atoms with Gasteiger partial charge in [-0.3, -0.25) is 9.78 Å². The molecule has 3 aromatic rings. The van der Waals surface area contributed by atoms with E-state index in [1.807, 2.05) is 71.8 Å². The number of amides is 1. The highest BCUT2D eigenvalue weighted by Gasteiger charge is 2.38. The Labute approximate surface area is 201 Å². The minimum absolute atomic E-state index is 0.0136. The van der Waals surface area contributed by atoms with E-state index in [4.69, 9.17) is 0 Å². The number of carbonyl (C=O) groups is 2. The summed E-state index contributed by atoms with van der Waals surface area (Å²) in [6, 6.07) is 22.0. The minimum Gasteiger partial charge on any atom is -0.392 e. The van der Waals surface area contributed by atoms with Crippen LogP contribution in [0.25, 0.3) is 11.1 Å². The normalized spacial score (nSPS) is 17.9. The second kappa shape index (κ2) is 11.2. The fourth-order valence-electron chi connectivity index (χ4n) is 4.97. The summed E-state index contributed by atoms with van der Waals surface area (Å²) in [5.41, 5.74) is 4.19. The van der Waals surface area contributed by atoms with E-state index >= 15 is 0 Å². The lowest BCUT2D eigenvalue weighted by Gasteiger charge is -2.37. The van der Waals surface area contributed by atoms with Gasteiger partial charge >= 0.3 is 0 Å². The fourth-order valence-corrected chi connectivity index (χ4v) is 4.97. The highest BCUT2D eigenvalue weighted by molar-refractivity contribution is 5.80. The third-order valence-corrected chi connectivity index (χ3v) is 6.65. The van der Waals surface area contributed by atoms with E-state index in [1.54, 1.807) is 13.1 Å². The summed E-state index contributed by atoms with van der Waals surface area (Å²) >= 11 is 0. The Bertz CT molecular complexity index is 1100. The molecule has 1 saturated heterocycles. The summed E-state index contributed by atoms with van der Waals surface area (Å²) in [6.45, 7) is 2.80. The van der Waals surface area contributed by atoms with E-state index in [9.17, 15) is 14.7 Å². The number of carbonyl (C=O) groups excluding carboxylic acids is 2. The first-order valence-electron chi connectivity index (χ1n) is 12.0. The lowest BCUT2D eigenvalue weighted by molar-refractivity contribution is -0.146. The van der Waals surface area contributed by atoms with Gasteiger partial charge in [0, 0.05) is 31.9 Å². The van der Waals surface area contributed by atoms with Crippen LogP contribution in [-0.2, 0) is 22.6 Å². The summed E-state index contributed by atoms with van der Waals surface area (Å²) in [7, 11) is 0. The van der Waals surface area contributed by atoms with Gasteiger partial charge in [-0.05, 0) is 60.4 Å². The highest BCUT2D eigenvalue weighted by Crippen LogP contribution is 2.31. The topological polar surface area (TPSA) is 70.5 Å². The molecular weight excluding hydrogens is 424 g/mol. The van der Waals surface area contributed by atoms with Gasteiger partial charge in [0.05, 0.1) is 12.0 Å². The summed E-state index contributed by atoms with van der Waals surface area (Å²) in [5.74, 6) is -0.785. The van der Waals surface area contributed by atoms with Crippen LogP contribution in [0.5, 0.6) is 0 Å². The number of aliphatic hydroxyl groups excluding tert-OH is 1. The van der Waals surface area contributed by atoms with Crippen molar-refractivity contribution in [3.8, 4) is 11.1 Å². The lowest BCUT2D eigenvalue weighted by atomic mass is 9.79. The lowest BCUT2D eigenvalue weighted by Crippen LogP contribution is -2.47. The number of likely N-dealkylation sites (tertiary alicyclic amines) is 1. The Morgan fingerprint density at radius 3 is 2.56 bits per heavy atom. The number of hydrogen-bond acceptors (Lipinski definition) is 4. The van der Waals surface area contributed by atoms with Crippen molar-refractivity contribution in [1.82, 2.24) is 9.88 Å². The zero-order valence-corrected chi connectivity index (χ0v) is 19.6. The maximum atomic E-state index is 13.3. The molecule has 0 spiro atoms. The molecule has 1 fully saturated rings. The standard InChI is InChI=1S/C29H32N2O3/c1-21(32)16-26(18-23-10-5-11-24(17-23)25-12-6-14-30-19-25)28(33)27-13-7-15-31(29(27)34)20-22-8-3-2-4-9-22/h2-6,8-12,14,17,19,26-28,33H,7,13,15-16,18,20H2,1H3/t26-,27-,28-/m0/s1. The van der Waals surface area contributed by atoms with Crippen LogP contribution in [0, 0.1) is 11.8 Å². The van der Waals surface area contributed by atoms with E-state index in [-0.39, 0.29) is 24.0 Å². The number of hydrogen-bond donors (Lipinski definition) is 1. The summed E-state index contributed by atoms with van der Waals surface area (Å²) in [6.07, 6.45) is 4.99. The van der Waals surface area contributed by atoms with Crippen molar-refractivity contribution < 1.29 is 14.7 Å². The molecule has 0 unspecified atom stereocenters. The summed E-state index contributed by atoms with van der Waals surface area (Å²) in [4.78, 5) is 31.5. The number of piperidine rings is 1. The van der Waals surface area contributed by atoms with Gasteiger partial charge < -0.3 is 14.8 Å². The first kappa shape index (κ1) is 23.8. The SMILES string of the molecule is CC(=O)C[C@@H](Cc1cccc(-c2cccnc2)c1)[C@H](O)[C@@H]1CCCN(Cc2ccccc2)C1=O. The molecule has 5 heteroatoms. The second-order valence-electron chi connectivity index (χ2n) is 9.30. The zero-order valence-electron chi connectivity index (χ0n) is 19.6. The van der Waals surface area contributed by atoms with Gasteiger partial charge in [-0.25, -0.2) is 0 Å². The van der Waals surface area contributed by atoms with E-state index in [1.165, 1.54) is 0 Å². The Morgan fingerprint density at radius 2 is 1.82 bits per heavy atom. The predicted molar refractivity (Wildman–Crippen MR) is 133 cm³/mol. The number of nitrogens with zero attached hydrogens (tertiary/aromatic N) is 2. The molecule has 2 aromatic carbocycles. The molecule has 0 aliphatic carbocycles. The first-order chi connectivity index (χ1) is 16.5. The zero-order chi connectivity index (χ0) is 23.9. The molecule has 2 heterocycles. The molecule has 34 heavy (non-hydrogen) atoms. The number of Topliss-reactive ketones (excluding diaryl/α,β-unsaturated/α-hetero) is 1. The molecule has 1 aromatic heterocycles. The average molecular weight is 457 g/mol. The number of rotatable bonds is 9. The fraction of sp³-hybridized carbons (Fsp3) is 0.345. The van der Waals surface area contributed by atoms with E-state index in [0.717, 1.165) is 28.7 Å². The molecule has 1 N–H and O–H groups in total. The van der Waals surface area contributed by atoms with Crippen molar-refractivity contribution >= 4 is 11.7 Å². The Balaban J connectivity index is 1.51. The maximum Gasteiger partial charge on any atom is 0.228 e. The van der Waals surface area contributed by atoms with Crippen LogP contribution in [0.4, 0.5) is 0 Å². The second-order valence-corrected chi connectivity index (χ2v) is 9.30. The van der Waals surface area contributed by atoms with Gasteiger partial charge in [-0.2, -0.15) is 0 Å². The minimum atomic E-state index is -0.864. The van der Waals surface area contributed by atoms with Gasteiger partial charge in [0.1, 0.15) is 5.78 Å². The van der Waals surface area contributed by atoms with Crippen molar-refractivity contribution in [3.05, 3.63) is 90.3 Å². The number of benzene rings is 2. The molecule has 1 aliphatic rings. The Hall–Kier alpha value is -3.31. The third-order valence-electron chi connectivity index (χ3n) is 6.65. The molecule has 3 atom stereocenters. The molecule has 0 bridgehead atoms. The van der Waals surface area contributed by atoms with Gasteiger partial charge in [0.2, 0.25) is 5.91 Å². The van der Waals surface area contributed by atoms with E-state index in [0.29, 0.717) is 25.9 Å². The van der Waals surface area contributed by atoms with Gasteiger partial charge in [0.25, 0.3) is 0 Å². The van der Waals surface area contributed by atoms with E-state index < -0.39 is 12.0 Å². The molecular formula is C29H32N2O3. The number of pyridine rings is 1. The van der Waals surface area contributed by atoms with Crippen LogP contribution in [0.15, 0.2) is 79.1 Å². The number of ketones is 1. The van der Waals surface area contributed by atoms with Gasteiger partial charge in [-0.15, -0.1) is 0 Å². The monoisotopic (exact) mass is 456 g/mol. The number of aliphatic hydroxyl groups is 1. The van der Waals surface area contributed by atoms with Crippen molar-refractivity contribution in [2.75, 3.05) is 6.54 Å². The van der Waals surface area contributed by atoms with Crippen molar-refractivity contribution in [3.63, 3.8) is 0 Å². The first-order valence-corrected chi connectivity index (χ1v) is 12.0. The smallest absolute Gasteiger partial charge is 0.228 e. The van der Waals surface area contributed by atoms with E-state index in [2.05, 4.69) is 11.1 Å². The van der Waals surface area contributed by atoms with Crippen LogP contribution in [-0.4, -0.2) is 39.3 Å². The van der Waals surface area contributed by atoms with Crippen LogP contribution >= 0.6 is 0 Å². The van der Waals surface area contributed by atoms with Crippen molar-refractivity contribution in [2.45, 2.75) is 45.3 Å². The number of aromatic nitrogens is 1. The van der Waals surface area contributed by atoms with Crippen LogP contribution < -0.4 is 0 Å².